The first-order chi connectivity index (χ1) is 8.40. The molecule has 1 rings (SSSR count). The van der Waals surface area contributed by atoms with E-state index in [4.69, 9.17) is 5.11 Å². The molecule has 1 aliphatic carbocycles. The van der Waals surface area contributed by atoms with Gasteiger partial charge in [-0.25, -0.2) is 0 Å². The average molecular weight is 253 g/mol. The first-order valence-electron chi connectivity index (χ1n) is 6.59. The van der Waals surface area contributed by atoms with Crippen LogP contribution in [0.1, 0.15) is 40.0 Å². The highest BCUT2D eigenvalue weighted by atomic mass is 16.4. The van der Waals surface area contributed by atoms with Gasteiger partial charge in [-0.05, 0) is 38.0 Å². The normalized spacial score (nSPS) is 17.7. The van der Waals surface area contributed by atoms with Gasteiger partial charge in [0.25, 0.3) is 0 Å². The predicted octanol–water partition coefficient (Wildman–Crippen LogP) is 2.21. The van der Waals surface area contributed by atoms with E-state index in [0.717, 1.165) is 5.57 Å². The summed E-state index contributed by atoms with van der Waals surface area (Å²) >= 11 is 0. The third kappa shape index (κ3) is 5.34. The molecule has 18 heavy (non-hydrogen) atoms. The molecule has 2 N–H and O–H groups in total. The number of allylic oxidation sites excluding steroid dienone is 1. The van der Waals surface area contributed by atoms with Crippen molar-refractivity contribution in [3.8, 4) is 0 Å². The second-order valence-corrected chi connectivity index (χ2v) is 5.57. The van der Waals surface area contributed by atoms with Crippen LogP contribution in [0.25, 0.3) is 0 Å². The van der Waals surface area contributed by atoms with Crippen LogP contribution in [0.3, 0.4) is 0 Å². The third-order valence-corrected chi connectivity index (χ3v) is 3.21. The highest BCUT2D eigenvalue weighted by Crippen LogP contribution is 2.35. The Hall–Kier alpha value is -1.32. The SMILES string of the molecule is C/C(=C\C(=O)NCC(CC(C)C)C(=O)O)C1CC1. The van der Waals surface area contributed by atoms with Crippen molar-refractivity contribution in [2.75, 3.05) is 6.54 Å². The van der Waals surface area contributed by atoms with E-state index >= 15 is 0 Å². The van der Waals surface area contributed by atoms with E-state index in [0.29, 0.717) is 18.3 Å². The largest absolute Gasteiger partial charge is 0.481 e. The van der Waals surface area contributed by atoms with Crippen LogP contribution in [0.2, 0.25) is 0 Å². The average Bonchev–Trinajstić information content (AvgIpc) is 3.06. The minimum atomic E-state index is -0.841. The molecule has 0 aromatic heterocycles. The van der Waals surface area contributed by atoms with Gasteiger partial charge in [-0.3, -0.25) is 9.59 Å². The highest BCUT2D eigenvalue weighted by molar-refractivity contribution is 5.88. The molecule has 0 spiro atoms. The van der Waals surface area contributed by atoms with Gasteiger partial charge in [0.15, 0.2) is 0 Å². The minimum absolute atomic E-state index is 0.172. The van der Waals surface area contributed by atoms with Gasteiger partial charge in [0, 0.05) is 12.6 Å². The van der Waals surface area contributed by atoms with Crippen molar-refractivity contribution in [3.63, 3.8) is 0 Å². The number of carbonyl (C=O) groups is 2. The maximum Gasteiger partial charge on any atom is 0.308 e. The molecule has 1 fully saturated rings. The molecule has 0 aromatic rings. The summed E-state index contributed by atoms with van der Waals surface area (Å²) in [6.07, 6.45) is 4.52. The molecule has 0 aliphatic heterocycles. The van der Waals surface area contributed by atoms with Crippen molar-refractivity contribution in [1.29, 1.82) is 0 Å². The van der Waals surface area contributed by atoms with Gasteiger partial charge < -0.3 is 10.4 Å². The quantitative estimate of drug-likeness (QED) is 0.684. The number of carboxylic acid groups (broad SMARTS) is 1. The third-order valence-electron chi connectivity index (χ3n) is 3.21. The van der Waals surface area contributed by atoms with Crippen LogP contribution in [0.4, 0.5) is 0 Å². The Kier molecular flexibility index (Phi) is 5.38. The Morgan fingerprint density at radius 3 is 2.44 bits per heavy atom. The zero-order chi connectivity index (χ0) is 13.7. The number of carbonyl (C=O) groups excluding carboxylic acids is 1. The van der Waals surface area contributed by atoms with Gasteiger partial charge in [-0.2, -0.15) is 0 Å². The summed E-state index contributed by atoms with van der Waals surface area (Å²) in [6.45, 7) is 6.13. The van der Waals surface area contributed by atoms with Crippen molar-refractivity contribution < 1.29 is 14.7 Å². The lowest BCUT2D eigenvalue weighted by atomic mass is 9.97. The maximum absolute atomic E-state index is 11.6. The molecule has 0 saturated heterocycles. The summed E-state index contributed by atoms with van der Waals surface area (Å²) in [4.78, 5) is 22.6. The molecule has 0 bridgehead atoms. The number of hydrogen-bond acceptors (Lipinski definition) is 2. The van der Waals surface area contributed by atoms with Crippen LogP contribution in [-0.2, 0) is 9.59 Å². The molecule has 4 heteroatoms. The van der Waals surface area contributed by atoms with Crippen molar-refractivity contribution in [1.82, 2.24) is 5.32 Å². The summed E-state index contributed by atoms with van der Waals surface area (Å²) in [5.41, 5.74) is 1.10. The molecule has 0 heterocycles. The fourth-order valence-electron chi connectivity index (χ4n) is 1.98. The molecule has 4 nitrogen and oxygen atoms in total. The molecule has 1 aliphatic rings. The fraction of sp³-hybridized carbons (Fsp3) is 0.714. The molecule has 0 radical (unpaired) electrons. The van der Waals surface area contributed by atoms with Gasteiger partial charge in [0.1, 0.15) is 0 Å². The monoisotopic (exact) mass is 253 g/mol. The van der Waals surface area contributed by atoms with E-state index < -0.39 is 11.9 Å². The van der Waals surface area contributed by atoms with E-state index in [2.05, 4.69) is 5.32 Å². The second-order valence-electron chi connectivity index (χ2n) is 5.57. The van der Waals surface area contributed by atoms with Crippen LogP contribution in [0, 0.1) is 17.8 Å². The van der Waals surface area contributed by atoms with Gasteiger partial charge >= 0.3 is 5.97 Å². The van der Waals surface area contributed by atoms with Crippen LogP contribution < -0.4 is 5.32 Å². The summed E-state index contributed by atoms with van der Waals surface area (Å²) in [6, 6.07) is 0. The molecule has 1 amide bonds. The zero-order valence-electron chi connectivity index (χ0n) is 11.4. The standard InChI is InChI=1S/C14H23NO3/c1-9(2)6-12(14(17)18)8-15-13(16)7-10(3)11-4-5-11/h7,9,11-12H,4-6,8H2,1-3H3,(H,15,16)(H,17,18)/b10-7+. The molecular weight excluding hydrogens is 230 g/mol. The molecule has 1 unspecified atom stereocenters. The minimum Gasteiger partial charge on any atom is -0.481 e. The van der Waals surface area contributed by atoms with E-state index in [1.54, 1.807) is 6.08 Å². The van der Waals surface area contributed by atoms with Crippen molar-refractivity contribution in [2.45, 2.75) is 40.0 Å². The van der Waals surface area contributed by atoms with Crippen LogP contribution >= 0.6 is 0 Å². The van der Waals surface area contributed by atoms with Gasteiger partial charge in [0.05, 0.1) is 5.92 Å². The number of nitrogens with one attached hydrogen (secondary N) is 1. The molecular formula is C14H23NO3. The summed E-state index contributed by atoms with van der Waals surface area (Å²) < 4.78 is 0. The predicted molar refractivity (Wildman–Crippen MR) is 70.1 cm³/mol. The summed E-state index contributed by atoms with van der Waals surface area (Å²) in [5, 5.41) is 11.7. The number of hydrogen-bond donors (Lipinski definition) is 2. The molecule has 1 saturated carbocycles. The van der Waals surface area contributed by atoms with E-state index in [9.17, 15) is 9.59 Å². The van der Waals surface area contributed by atoms with Crippen LogP contribution in [0.15, 0.2) is 11.6 Å². The second kappa shape index (κ2) is 6.57. The molecule has 102 valence electrons. The van der Waals surface area contributed by atoms with Gasteiger partial charge in [-0.1, -0.05) is 19.4 Å². The summed E-state index contributed by atoms with van der Waals surface area (Å²) in [7, 11) is 0. The number of aliphatic carboxylic acids is 1. The smallest absolute Gasteiger partial charge is 0.308 e. The van der Waals surface area contributed by atoms with Gasteiger partial charge in [-0.15, -0.1) is 0 Å². The fourth-order valence-corrected chi connectivity index (χ4v) is 1.98. The van der Waals surface area contributed by atoms with Crippen molar-refractivity contribution >= 4 is 11.9 Å². The van der Waals surface area contributed by atoms with Gasteiger partial charge in [0.2, 0.25) is 5.91 Å². The zero-order valence-corrected chi connectivity index (χ0v) is 11.4. The lowest BCUT2D eigenvalue weighted by Gasteiger charge is -2.14. The Labute approximate surface area is 108 Å². The maximum atomic E-state index is 11.6. The van der Waals surface area contributed by atoms with E-state index in [1.165, 1.54) is 12.8 Å². The van der Waals surface area contributed by atoms with Crippen molar-refractivity contribution in [2.24, 2.45) is 17.8 Å². The Balaban J connectivity index is 2.39. The number of rotatable bonds is 7. The number of amides is 1. The highest BCUT2D eigenvalue weighted by Gasteiger charge is 2.24. The van der Waals surface area contributed by atoms with Crippen LogP contribution in [0.5, 0.6) is 0 Å². The Morgan fingerprint density at radius 1 is 1.39 bits per heavy atom. The van der Waals surface area contributed by atoms with Crippen LogP contribution in [-0.4, -0.2) is 23.5 Å². The molecule has 1 atom stereocenters. The van der Waals surface area contributed by atoms with Crippen molar-refractivity contribution in [3.05, 3.63) is 11.6 Å². The topological polar surface area (TPSA) is 66.4 Å². The van der Waals surface area contributed by atoms with E-state index in [-0.39, 0.29) is 12.5 Å². The Bertz CT molecular complexity index is 343. The first kappa shape index (κ1) is 14.7. The first-order valence-corrected chi connectivity index (χ1v) is 6.59. The summed E-state index contributed by atoms with van der Waals surface area (Å²) in [5.74, 6) is -0.627. The van der Waals surface area contributed by atoms with E-state index in [1.807, 2.05) is 20.8 Å². The lowest BCUT2D eigenvalue weighted by Crippen LogP contribution is -2.32. The lowest BCUT2D eigenvalue weighted by molar-refractivity contribution is -0.142. The Morgan fingerprint density at radius 2 is 2.00 bits per heavy atom. The number of carboxylic acids is 1. The molecule has 0 aromatic carbocycles.